The molecule has 0 spiro atoms. The van der Waals surface area contributed by atoms with Gasteiger partial charge in [0.1, 0.15) is 5.75 Å². The van der Waals surface area contributed by atoms with Crippen molar-refractivity contribution in [2.45, 2.75) is 31.0 Å². The molecule has 0 radical (unpaired) electrons. The zero-order chi connectivity index (χ0) is 30.8. The Morgan fingerprint density at radius 1 is 1.02 bits per heavy atom. The van der Waals surface area contributed by atoms with Crippen LogP contribution in [0.25, 0.3) is 10.4 Å². The number of amides is 1. The first-order valence-electron chi connectivity index (χ1n) is 14.1. The number of nitrogens with one attached hydrogen (secondary N) is 2. The predicted octanol–water partition coefficient (Wildman–Crippen LogP) is 6.36. The van der Waals surface area contributed by atoms with Crippen molar-refractivity contribution in [3.8, 4) is 5.75 Å². The minimum Gasteiger partial charge on any atom is -0.494 e. The number of rotatable bonds is 13. The van der Waals surface area contributed by atoms with Crippen molar-refractivity contribution in [1.82, 2.24) is 10.9 Å². The number of halogens is 1. The fourth-order valence-corrected chi connectivity index (χ4v) is 5.21. The van der Waals surface area contributed by atoms with Gasteiger partial charge in [-0.05, 0) is 53.1 Å². The fraction of sp³-hybridized carbons (Fsp3) is 0.212. The topological polar surface area (TPSA) is 141 Å². The van der Waals surface area contributed by atoms with Crippen LogP contribution in [0.3, 0.4) is 0 Å². The molecule has 3 N–H and O–H groups in total. The molecule has 11 heteroatoms. The second-order valence-corrected chi connectivity index (χ2v) is 10.6. The Labute approximate surface area is 259 Å². The van der Waals surface area contributed by atoms with Crippen LogP contribution >= 0.6 is 11.6 Å². The van der Waals surface area contributed by atoms with E-state index < -0.39 is 17.6 Å². The number of benzene rings is 4. The van der Waals surface area contributed by atoms with Gasteiger partial charge < -0.3 is 14.6 Å². The lowest BCUT2D eigenvalue weighted by Gasteiger charge is -2.31. The highest BCUT2D eigenvalue weighted by atomic mass is 35.5. The minimum absolute atomic E-state index is 0.0426. The monoisotopic (exact) mass is 610 g/mol. The molecule has 0 fully saturated rings. The van der Waals surface area contributed by atoms with Gasteiger partial charge in [-0.3, -0.25) is 10.2 Å². The third-order valence-electron chi connectivity index (χ3n) is 7.10. The molecule has 1 aliphatic rings. The molecule has 44 heavy (non-hydrogen) atoms. The predicted molar refractivity (Wildman–Crippen MR) is 169 cm³/mol. The first-order valence-corrected chi connectivity index (χ1v) is 14.5. The van der Waals surface area contributed by atoms with Gasteiger partial charge in [0, 0.05) is 52.7 Å². The average Bonchev–Trinajstić information content (AvgIpc) is 3.42. The molecule has 0 saturated carbocycles. The normalized spacial score (nSPS) is 17.2. The number of aliphatic hydroxyl groups excluding tert-OH is 1. The number of aliphatic imine (C=N–C) groups is 1. The summed E-state index contributed by atoms with van der Waals surface area (Å²) in [4.78, 5) is 22.3. The molecular weight excluding hydrogens is 580 g/mol. The first-order chi connectivity index (χ1) is 21.5. The number of hydrogen-bond donors (Lipinski definition) is 3. The van der Waals surface area contributed by atoms with Gasteiger partial charge in [-0.25, -0.2) is 10.4 Å². The van der Waals surface area contributed by atoms with Crippen molar-refractivity contribution in [1.29, 1.82) is 0 Å². The highest BCUT2D eigenvalue weighted by Gasteiger charge is 2.54. The quantitative estimate of drug-likeness (QED) is 0.0531. The Balaban J connectivity index is 1.55. The zero-order valence-electron chi connectivity index (χ0n) is 23.8. The second-order valence-electron chi connectivity index (χ2n) is 10.1. The van der Waals surface area contributed by atoms with Crippen LogP contribution in [-0.2, 0) is 22.5 Å². The van der Waals surface area contributed by atoms with Gasteiger partial charge >= 0.3 is 0 Å². The van der Waals surface area contributed by atoms with Crippen molar-refractivity contribution in [2.24, 2.45) is 10.1 Å². The van der Waals surface area contributed by atoms with Crippen molar-refractivity contribution in [3.05, 3.63) is 141 Å². The summed E-state index contributed by atoms with van der Waals surface area (Å²) in [5.41, 5.74) is 16.9. The maximum atomic E-state index is 14.3. The van der Waals surface area contributed by atoms with Gasteiger partial charge in [0.25, 0.3) is 5.91 Å². The first kappa shape index (κ1) is 30.6. The van der Waals surface area contributed by atoms with E-state index in [0.717, 1.165) is 11.1 Å². The number of ether oxygens (including phenoxy) is 2. The van der Waals surface area contributed by atoms with E-state index in [2.05, 4.69) is 20.9 Å². The van der Waals surface area contributed by atoms with Crippen LogP contribution in [-0.4, -0.2) is 35.7 Å². The van der Waals surface area contributed by atoms with E-state index >= 15 is 0 Å². The molecule has 1 heterocycles. The van der Waals surface area contributed by atoms with E-state index in [1.165, 1.54) is 0 Å². The number of carbonyl (C=O) groups is 1. The van der Waals surface area contributed by atoms with E-state index in [1.807, 2.05) is 48.5 Å². The number of hydrogen-bond acceptors (Lipinski definition) is 7. The van der Waals surface area contributed by atoms with E-state index in [4.69, 9.17) is 31.2 Å². The molecule has 4 aromatic carbocycles. The summed E-state index contributed by atoms with van der Waals surface area (Å²) in [7, 11) is 0. The summed E-state index contributed by atoms with van der Waals surface area (Å²) >= 11 is 6.14. The average molecular weight is 611 g/mol. The highest BCUT2D eigenvalue weighted by Crippen LogP contribution is 2.45. The van der Waals surface area contributed by atoms with Crippen molar-refractivity contribution in [3.63, 3.8) is 0 Å². The van der Waals surface area contributed by atoms with Crippen molar-refractivity contribution in [2.75, 3.05) is 13.2 Å². The summed E-state index contributed by atoms with van der Waals surface area (Å²) < 4.78 is 12.2. The number of hydrazine groups is 1. The molecule has 0 aliphatic carbocycles. The smallest absolute Gasteiger partial charge is 0.266 e. The lowest BCUT2D eigenvalue weighted by atomic mass is 9.81. The third-order valence-corrected chi connectivity index (χ3v) is 7.34. The van der Waals surface area contributed by atoms with Crippen LogP contribution in [0.1, 0.15) is 34.8 Å². The molecule has 224 valence electrons. The van der Waals surface area contributed by atoms with Gasteiger partial charge in [-0.15, -0.1) is 0 Å². The van der Waals surface area contributed by atoms with E-state index in [9.17, 15) is 10.3 Å². The summed E-state index contributed by atoms with van der Waals surface area (Å²) in [5, 5.41) is 13.5. The van der Waals surface area contributed by atoms with E-state index in [1.54, 1.807) is 54.6 Å². The zero-order valence-corrected chi connectivity index (χ0v) is 24.5. The van der Waals surface area contributed by atoms with Crippen LogP contribution in [0.15, 0.2) is 113 Å². The molecule has 5 rings (SSSR count). The van der Waals surface area contributed by atoms with Gasteiger partial charge in [-0.1, -0.05) is 83.4 Å². The van der Waals surface area contributed by atoms with Gasteiger partial charge in [0.15, 0.2) is 11.6 Å². The molecule has 2 atom stereocenters. The Bertz CT molecular complexity index is 1660. The molecule has 0 unspecified atom stereocenters. The summed E-state index contributed by atoms with van der Waals surface area (Å²) in [6.45, 7) is 0.748. The number of carbonyl (C=O) groups excluding carboxylic acids is 1. The lowest BCUT2D eigenvalue weighted by molar-refractivity contribution is -0.130. The largest absolute Gasteiger partial charge is 0.494 e. The van der Waals surface area contributed by atoms with Gasteiger partial charge in [0.05, 0.1) is 6.61 Å². The molecule has 1 aliphatic heterocycles. The molecule has 1 amide bonds. The van der Waals surface area contributed by atoms with Crippen LogP contribution in [0, 0.1) is 0 Å². The summed E-state index contributed by atoms with van der Waals surface area (Å²) in [6.07, 6.45) is -0.223. The summed E-state index contributed by atoms with van der Waals surface area (Å²) in [6, 6.07) is 31.1. The molecule has 0 bridgehead atoms. The number of azide groups is 1. The summed E-state index contributed by atoms with van der Waals surface area (Å²) in [5.74, 6) is 0.459. The van der Waals surface area contributed by atoms with E-state index in [0.29, 0.717) is 47.2 Å². The van der Waals surface area contributed by atoms with Crippen LogP contribution in [0.2, 0.25) is 5.02 Å². The number of nitrogens with zero attached hydrogens (tertiary/aromatic N) is 4. The van der Waals surface area contributed by atoms with Crippen molar-refractivity contribution >= 4 is 29.1 Å². The molecular formula is C33H31ClN6O4. The third kappa shape index (κ3) is 7.19. The Morgan fingerprint density at radius 3 is 2.52 bits per heavy atom. The maximum Gasteiger partial charge on any atom is 0.266 e. The molecule has 0 aromatic heterocycles. The minimum atomic E-state index is -1.49. The fourth-order valence-electron chi connectivity index (χ4n) is 5.00. The SMILES string of the molecule is [N-]=[N+]=Nc1ccccc1[C@@H]1OC(c2ccc(OCCCO)cc2)=N[C@]1(Cc1ccccc1)C(=O)NNCc1cccc(Cl)c1. The Morgan fingerprint density at radius 2 is 1.77 bits per heavy atom. The van der Waals surface area contributed by atoms with Crippen molar-refractivity contribution < 1.29 is 19.4 Å². The Hall–Kier alpha value is -4.86. The Kier molecular flexibility index (Phi) is 10.1. The van der Waals surface area contributed by atoms with Crippen LogP contribution in [0.5, 0.6) is 5.75 Å². The number of aliphatic hydroxyl groups is 1. The highest BCUT2D eigenvalue weighted by molar-refractivity contribution is 6.30. The molecule has 4 aromatic rings. The van der Waals surface area contributed by atoms with E-state index in [-0.39, 0.29) is 18.9 Å². The standard InChI is InChI=1S/C33H31ClN6O4/c34-26-11-6-10-24(20-26)22-36-39-32(42)33(21-23-8-2-1-3-9-23)30(28-12-4-5-13-29(28)38-40-35)44-31(37-33)25-14-16-27(17-15-25)43-19-7-18-41/h1-6,8-17,20,30,36,41H,7,18-19,21-22H2,(H,39,42)/t30-,33-/m0/s1. The molecule has 0 saturated heterocycles. The van der Waals surface area contributed by atoms with Crippen LogP contribution < -0.4 is 15.6 Å². The molecule has 10 nitrogen and oxygen atoms in total. The maximum absolute atomic E-state index is 14.3. The van der Waals surface area contributed by atoms with Gasteiger partial charge in [-0.2, -0.15) is 0 Å². The second kappa shape index (κ2) is 14.5. The lowest BCUT2D eigenvalue weighted by Crippen LogP contribution is -2.53. The van der Waals surface area contributed by atoms with Gasteiger partial charge in [0.2, 0.25) is 5.90 Å². The van der Waals surface area contributed by atoms with Crippen LogP contribution in [0.4, 0.5) is 5.69 Å².